The summed E-state index contributed by atoms with van der Waals surface area (Å²) in [5.41, 5.74) is 0.506. The summed E-state index contributed by atoms with van der Waals surface area (Å²) < 4.78 is 334. The number of aliphatic hydroxyl groups is 5. The third-order valence-corrected chi connectivity index (χ3v) is 24.5. The van der Waals surface area contributed by atoms with Crippen molar-refractivity contribution in [1.29, 1.82) is 0 Å². The fraction of sp³-hybridized carbons (Fsp3) is 0.691. The van der Waals surface area contributed by atoms with E-state index in [0.29, 0.717) is 132 Å². The molecule has 0 aromatic heterocycles. The van der Waals surface area contributed by atoms with Crippen LogP contribution in [0.3, 0.4) is 0 Å². The second-order valence-electron chi connectivity index (χ2n) is 34.5. The van der Waals surface area contributed by atoms with Crippen LogP contribution in [0.2, 0.25) is 0 Å². The van der Waals surface area contributed by atoms with E-state index in [4.69, 9.17) is 95.3 Å². The number of piperidine rings is 5. The van der Waals surface area contributed by atoms with Crippen molar-refractivity contribution in [1.82, 2.24) is 24.5 Å². The molecule has 10 aliphatic heterocycles. The van der Waals surface area contributed by atoms with Gasteiger partial charge in [-0.1, -0.05) is 82.8 Å². The van der Waals surface area contributed by atoms with E-state index in [1.165, 1.54) is 49.8 Å². The molecule has 5 N–H and O–H groups in total. The number of benzene rings is 5. The Balaban J connectivity index is 0.000000181. The molecule has 117 heavy (non-hydrogen) atoms. The van der Waals surface area contributed by atoms with Crippen LogP contribution >= 0.6 is 0 Å². The first kappa shape index (κ1) is 55.0. The average Bonchev–Trinajstić information content (AvgIpc) is 0.707. The molecule has 0 saturated carbocycles. The average molecular weight is 1660 g/mol. The van der Waals surface area contributed by atoms with Crippen LogP contribution in [0.4, 0.5) is 0 Å². The Kier molecular flexibility index (Phi) is 18.9. The summed E-state index contributed by atoms with van der Waals surface area (Å²) in [6, 6.07) is -1.39. The van der Waals surface area contributed by atoms with Crippen molar-refractivity contribution in [2.45, 2.75) is 240 Å². The highest BCUT2D eigenvalue weighted by Crippen LogP contribution is 2.51. The molecule has 0 bridgehead atoms. The Morgan fingerprint density at radius 1 is 0.325 bits per heavy atom. The summed E-state index contributed by atoms with van der Waals surface area (Å²) in [5.74, 6) is -0.672. The van der Waals surface area contributed by atoms with Gasteiger partial charge in [-0.05, 0) is 270 Å². The highest BCUT2D eigenvalue weighted by Gasteiger charge is 2.45. The summed E-state index contributed by atoms with van der Waals surface area (Å²) >= 11 is 0. The number of ether oxygens (including phenoxy) is 10. The minimum atomic E-state index is -3.21. The molecule has 5 fully saturated rings. The summed E-state index contributed by atoms with van der Waals surface area (Å²) in [5, 5.41) is 54.3. The van der Waals surface area contributed by atoms with E-state index < -0.39 is 126 Å². The number of hydrogen-bond donors (Lipinski definition) is 5. The maximum Gasteiger partial charge on any atom is 0.161 e. The van der Waals surface area contributed by atoms with Crippen molar-refractivity contribution in [3.63, 3.8) is 0 Å². The van der Waals surface area contributed by atoms with Crippen molar-refractivity contribution < 1.29 is 121 Å². The van der Waals surface area contributed by atoms with Gasteiger partial charge in [0.15, 0.2) is 57.5 Å². The van der Waals surface area contributed by atoms with Gasteiger partial charge in [-0.2, -0.15) is 0 Å². The molecule has 0 aliphatic carbocycles. The van der Waals surface area contributed by atoms with Gasteiger partial charge >= 0.3 is 0 Å². The van der Waals surface area contributed by atoms with Gasteiger partial charge in [-0.25, -0.2) is 0 Å². The number of rotatable bonds is 18. The Morgan fingerprint density at radius 3 is 0.709 bits per heavy atom. The molecule has 5 aromatic carbocycles. The third-order valence-electron chi connectivity index (χ3n) is 24.5. The van der Waals surface area contributed by atoms with Crippen molar-refractivity contribution >= 4 is 0 Å². The lowest BCUT2D eigenvalue weighted by Crippen LogP contribution is -2.48. The Bertz CT molecular complexity index is 5640. The molecule has 10 aliphatic rings. The zero-order valence-corrected chi connectivity index (χ0v) is 70.7. The fourth-order valence-corrected chi connectivity index (χ4v) is 19.2. The van der Waals surface area contributed by atoms with Crippen molar-refractivity contribution in [3.05, 3.63) is 116 Å². The van der Waals surface area contributed by atoms with Gasteiger partial charge in [0.1, 0.15) is 0 Å². The Labute approximate surface area is 751 Å². The zero-order chi connectivity index (χ0) is 114. The lowest BCUT2D eigenvalue weighted by atomic mass is 9.75. The molecule has 0 radical (unpaired) electrons. The maximum absolute atomic E-state index is 11.1. The van der Waals surface area contributed by atoms with Crippen LogP contribution in [0.25, 0.3) is 0 Å². The van der Waals surface area contributed by atoms with Crippen LogP contribution in [0.15, 0.2) is 60.4 Å². The molecule has 5 aromatic rings. The van der Waals surface area contributed by atoms with Crippen molar-refractivity contribution in [2.75, 3.05) is 136 Å². The fourth-order valence-electron chi connectivity index (χ4n) is 19.2. The minimum absolute atomic E-state index is 0.0117. The van der Waals surface area contributed by atoms with E-state index in [1.54, 1.807) is 4.90 Å². The molecule has 652 valence electrons. The van der Waals surface area contributed by atoms with E-state index in [9.17, 15) is 25.5 Å². The van der Waals surface area contributed by atoms with Crippen molar-refractivity contribution in [2.24, 2.45) is 58.2 Å². The summed E-state index contributed by atoms with van der Waals surface area (Å²) in [6.45, 7) is 6.98. The molecule has 15 atom stereocenters. The van der Waals surface area contributed by atoms with Crippen LogP contribution in [0.1, 0.15) is 281 Å². The predicted molar refractivity (Wildman–Crippen MR) is 465 cm³/mol. The van der Waals surface area contributed by atoms with Crippen LogP contribution in [-0.4, -0.2) is 217 Å². The smallest absolute Gasteiger partial charge is 0.161 e. The highest BCUT2D eigenvalue weighted by atomic mass is 16.5. The minimum Gasteiger partial charge on any atom is -0.493 e. The summed E-state index contributed by atoms with van der Waals surface area (Å²) in [6.07, 6.45) is -3.12. The van der Waals surface area contributed by atoms with Crippen LogP contribution in [0, 0.1) is 58.2 Å². The third kappa shape index (κ3) is 22.0. The van der Waals surface area contributed by atoms with Gasteiger partial charge < -0.3 is 72.9 Å². The molecule has 5 saturated heterocycles. The molecule has 0 amide bonds. The molecule has 10 heterocycles. The lowest BCUT2D eigenvalue weighted by molar-refractivity contribution is -0.0259. The predicted octanol–water partition coefficient (Wildman–Crippen LogP) is 15.9. The van der Waals surface area contributed by atoms with Crippen LogP contribution in [-0.2, 0) is 32.1 Å². The van der Waals surface area contributed by atoms with Crippen LogP contribution in [0.5, 0.6) is 57.5 Å². The van der Waals surface area contributed by atoms with E-state index in [0.717, 1.165) is 83.4 Å². The van der Waals surface area contributed by atoms with Gasteiger partial charge in [0, 0.05) is 118 Å². The van der Waals surface area contributed by atoms with Gasteiger partial charge in [0.05, 0.1) is 127 Å². The van der Waals surface area contributed by atoms with Gasteiger partial charge in [-0.3, -0.25) is 24.5 Å². The monoisotopic (exact) mass is 1660 g/mol. The van der Waals surface area contributed by atoms with Gasteiger partial charge in [0.2, 0.25) is 0 Å². The topological polar surface area (TPSA) is 210 Å². The standard InChI is InChI=1S/2C20H31NO3.3C19H29NO3/c2*1-20(2,3)11-14-12-21-7-6-13-8-18(23-4)19(24-5)9-15(13)16(21)10-17(14)22;3*1-12(2)7-14-11-20-6-5-13-8-18(22-3)19(23-4)9-15(13)16(20)10-17(14)21/h2*8-9,14,16-17,22H,6-7,10-12H2,1-5H3;3*8-9,12,14,16-17,21H,5-7,10-11H2,1-4H3/i1D3,2D3,5D3,8D,9D,11D2;1D3,2D3,8D,9D,11D2;4D3,8D,9D;3D3,8D,9D;8D,9D. The SMILES string of the molecule is [2H]c1c2c(c([2H])c(OC([2H])([2H])[2H])c1OC)C1CC(O)C(C([2H])([2H])C(C)(C([2H])([2H])[2H])C([2H])([2H])[2H])CN1CC2.[2H]c1c2c(c([2H])c(OC([2H])([2H])[2H])c1OC)C1CC(O)C(CC(C)C)CN1CC2.[2H]c1c2c(c([2H])c(OC)c1OC([2H])([2H])[2H])C1CC(O)C(CC(C)C)CN1CC2.[2H]c1c2c(c([2H])c(OC)c1OC)C1CC(O)C(C([2H])([2H])C(C)(C([2H])([2H])[2H])C([2H])([2H])[2H])CN1CC2.[2H]c1c2c(c([2H])c(OC)c1OC)C1CC(O)C(CC(C)C)CN1CC2. The molecule has 15 rings (SSSR count). The molecule has 20 nitrogen and oxygen atoms in total. The second-order valence-corrected chi connectivity index (χ2v) is 34.5. The lowest BCUT2D eigenvalue weighted by Gasteiger charge is -2.47. The number of methoxy groups -OCH3 is 10. The number of aliphatic hydroxyl groups excluding tert-OH is 5. The van der Waals surface area contributed by atoms with E-state index in [1.807, 2.05) is 4.90 Å². The maximum atomic E-state index is 11.1. The summed E-state index contributed by atoms with van der Waals surface area (Å²) in [4.78, 5) is 10.5. The molecule has 20 heteroatoms. The number of hydrogen-bond acceptors (Lipinski definition) is 20. The summed E-state index contributed by atoms with van der Waals surface area (Å²) in [7, 11) is 1.30. The molecular weight excluding hydrogens is 1480 g/mol. The first-order valence-corrected chi connectivity index (χ1v) is 41.2. The largest absolute Gasteiger partial charge is 0.493 e. The van der Waals surface area contributed by atoms with Crippen LogP contribution < -0.4 is 47.4 Å². The van der Waals surface area contributed by atoms with Gasteiger partial charge in [0.25, 0.3) is 0 Å². The molecular formula is C97H149N5O15. The second kappa shape index (κ2) is 40.1. The zero-order valence-electron chi connectivity index (χ0n) is 106. The quantitative estimate of drug-likeness (QED) is 0.0552. The van der Waals surface area contributed by atoms with Crippen molar-refractivity contribution in [3.8, 4) is 57.5 Å². The van der Waals surface area contributed by atoms with E-state index in [2.05, 4.69) is 56.2 Å². The Morgan fingerprint density at radius 2 is 0.513 bits per heavy atom. The van der Waals surface area contributed by atoms with E-state index in [-0.39, 0.29) is 175 Å². The molecule has 0 spiro atoms. The Hall–Kier alpha value is -6.30. The number of nitrogens with zero attached hydrogens (tertiary/aromatic N) is 5. The highest BCUT2D eigenvalue weighted by molar-refractivity contribution is 5.54. The first-order valence-electron chi connectivity index (χ1n) is 58.7. The van der Waals surface area contributed by atoms with Gasteiger partial charge in [-0.15, -0.1) is 0 Å². The number of fused-ring (bicyclic) bond motifs is 15. The normalized spacial score (nSPS) is 32.8. The first-order chi connectivity index (χ1) is 70.0. The molecule has 15 unspecified atom stereocenters. The van der Waals surface area contributed by atoms with E-state index >= 15 is 0 Å².